The molecule has 0 fully saturated rings. The SMILES string of the molecule is CC(C)CC[N+](CCC(C)C)(CCC(C)C)CCC(C)C.CC(C)CC[N+](CCC(C)C)(CCC(C)C)CCC(C)C.[O-]B([O-])Oc1ccccc1. The molecule has 5 nitrogen and oxygen atoms in total. The summed E-state index contributed by atoms with van der Waals surface area (Å²) in [6, 6.07) is 8.28. The molecule has 308 valence electrons. The molecular formula is C46H93BN2O3. The lowest BCUT2D eigenvalue weighted by molar-refractivity contribution is -0.930. The van der Waals surface area contributed by atoms with E-state index in [0.29, 0.717) is 5.75 Å². The number of benzene rings is 1. The first-order valence-electron chi connectivity index (χ1n) is 21.9. The Morgan fingerprint density at radius 2 is 0.577 bits per heavy atom. The van der Waals surface area contributed by atoms with Gasteiger partial charge in [-0.25, -0.2) is 0 Å². The van der Waals surface area contributed by atoms with E-state index < -0.39 is 7.32 Å². The van der Waals surface area contributed by atoms with E-state index in [9.17, 15) is 10.0 Å². The van der Waals surface area contributed by atoms with Crippen molar-refractivity contribution >= 4 is 7.32 Å². The normalized spacial score (nSPS) is 12.3. The molecule has 0 aliphatic rings. The summed E-state index contributed by atoms with van der Waals surface area (Å²) < 4.78 is 7.07. The molecule has 0 atom stereocenters. The van der Waals surface area contributed by atoms with Gasteiger partial charge in [0.15, 0.2) is 0 Å². The van der Waals surface area contributed by atoms with Gasteiger partial charge in [-0.2, -0.15) is 0 Å². The van der Waals surface area contributed by atoms with Crippen molar-refractivity contribution in [3.05, 3.63) is 30.3 Å². The largest absolute Gasteiger partial charge is 0.860 e. The first kappa shape index (κ1) is 53.0. The molecule has 1 rings (SSSR count). The number of nitrogens with zero attached hydrogens (tertiary/aromatic N) is 2. The van der Waals surface area contributed by atoms with Gasteiger partial charge < -0.3 is 23.7 Å². The predicted molar refractivity (Wildman–Crippen MR) is 228 cm³/mol. The maximum atomic E-state index is 9.92. The Morgan fingerprint density at radius 3 is 0.731 bits per heavy atom. The van der Waals surface area contributed by atoms with Crippen molar-refractivity contribution in [3.63, 3.8) is 0 Å². The van der Waals surface area contributed by atoms with Crippen LogP contribution in [0.3, 0.4) is 0 Å². The van der Waals surface area contributed by atoms with E-state index in [2.05, 4.69) is 115 Å². The summed E-state index contributed by atoms with van der Waals surface area (Å²) >= 11 is 0. The van der Waals surface area contributed by atoms with Crippen LogP contribution in [0, 0.1) is 47.3 Å². The fourth-order valence-electron chi connectivity index (χ4n) is 6.21. The van der Waals surface area contributed by atoms with Crippen LogP contribution in [0.4, 0.5) is 0 Å². The lowest BCUT2D eigenvalue weighted by Gasteiger charge is -2.41. The molecule has 0 saturated carbocycles. The van der Waals surface area contributed by atoms with E-state index in [1.807, 2.05) is 0 Å². The Morgan fingerprint density at radius 1 is 0.385 bits per heavy atom. The number of quaternary nitrogens is 2. The van der Waals surface area contributed by atoms with E-state index in [-0.39, 0.29) is 0 Å². The van der Waals surface area contributed by atoms with Gasteiger partial charge in [-0.15, -0.1) is 0 Å². The van der Waals surface area contributed by atoms with Crippen LogP contribution >= 0.6 is 0 Å². The van der Waals surface area contributed by atoms with Gasteiger partial charge in [-0.1, -0.05) is 129 Å². The Bertz CT molecular complexity index is 756. The zero-order valence-corrected chi connectivity index (χ0v) is 38.0. The van der Waals surface area contributed by atoms with Crippen molar-refractivity contribution < 1.29 is 23.7 Å². The summed E-state index contributed by atoms with van der Waals surface area (Å²) in [5.41, 5.74) is 0. The van der Waals surface area contributed by atoms with Crippen molar-refractivity contribution in [2.75, 3.05) is 52.4 Å². The van der Waals surface area contributed by atoms with Crippen LogP contribution in [0.15, 0.2) is 30.3 Å². The number of rotatable bonds is 26. The number of para-hydroxylation sites is 1. The molecule has 0 amide bonds. The molecule has 0 radical (unpaired) electrons. The Kier molecular flexibility index (Phi) is 30.8. The van der Waals surface area contributed by atoms with Crippen molar-refractivity contribution in [1.29, 1.82) is 0 Å². The van der Waals surface area contributed by atoms with Crippen LogP contribution in [0.2, 0.25) is 0 Å². The highest BCUT2D eigenvalue weighted by Crippen LogP contribution is 2.22. The monoisotopic (exact) mass is 733 g/mol. The average molecular weight is 733 g/mol. The highest BCUT2D eigenvalue weighted by atomic mass is 16.6. The van der Waals surface area contributed by atoms with Gasteiger partial charge in [0.25, 0.3) is 0 Å². The minimum atomic E-state index is -2.23. The van der Waals surface area contributed by atoms with E-state index in [1.165, 1.54) is 113 Å². The zero-order valence-electron chi connectivity index (χ0n) is 38.0. The van der Waals surface area contributed by atoms with Gasteiger partial charge in [-0.05, 0) is 111 Å². The fraction of sp³-hybridized carbons (Fsp3) is 0.870. The molecule has 1 aromatic carbocycles. The molecule has 0 spiro atoms. The minimum Gasteiger partial charge on any atom is -0.860 e. The summed E-state index contributed by atoms with van der Waals surface area (Å²) in [6.45, 7) is 49.2. The van der Waals surface area contributed by atoms with Crippen molar-refractivity contribution in [1.82, 2.24) is 0 Å². The standard InChI is InChI=1S/2C20H44N.C6H5BO3/c2*1-17(2)9-13-21(14-10-18(3)4,15-11-19(5)6)16-12-20(7)8;8-7(9)10-6-4-2-1-3-5-6/h2*17-20H,9-16H2,1-8H3;1-5H/q2*+1;-2. The third-order valence-electron chi connectivity index (χ3n) is 10.4. The fourth-order valence-corrected chi connectivity index (χ4v) is 6.21. The lowest BCUT2D eigenvalue weighted by Crippen LogP contribution is -2.52. The molecule has 6 heteroatoms. The van der Waals surface area contributed by atoms with Gasteiger partial charge in [0.05, 0.1) is 58.1 Å². The van der Waals surface area contributed by atoms with Crippen LogP contribution in [0.25, 0.3) is 0 Å². The van der Waals surface area contributed by atoms with Crippen LogP contribution in [-0.4, -0.2) is 68.6 Å². The van der Waals surface area contributed by atoms with E-state index >= 15 is 0 Å². The summed E-state index contributed by atoms with van der Waals surface area (Å²) in [5.74, 6) is 6.98. The van der Waals surface area contributed by atoms with Gasteiger partial charge in [0.2, 0.25) is 0 Å². The van der Waals surface area contributed by atoms with E-state index in [1.54, 1.807) is 30.3 Å². The molecule has 52 heavy (non-hydrogen) atoms. The van der Waals surface area contributed by atoms with Crippen LogP contribution in [-0.2, 0) is 0 Å². The topological polar surface area (TPSA) is 55.3 Å². The first-order valence-corrected chi connectivity index (χ1v) is 21.9. The maximum absolute atomic E-state index is 9.92. The highest BCUT2D eigenvalue weighted by Gasteiger charge is 2.29. The van der Waals surface area contributed by atoms with Crippen molar-refractivity contribution in [2.45, 2.75) is 162 Å². The number of hydrogen-bond donors (Lipinski definition) is 0. The number of hydrogen-bond acceptors (Lipinski definition) is 3. The summed E-state index contributed by atoms with van der Waals surface area (Å²) in [4.78, 5) is 0. The van der Waals surface area contributed by atoms with Crippen molar-refractivity contribution in [2.24, 2.45) is 47.3 Å². The summed E-state index contributed by atoms with van der Waals surface area (Å²) in [7, 11) is -2.23. The van der Waals surface area contributed by atoms with Crippen LogP contribution in [0.5, 0.6) is 5.75 Å². The smallest absolute Gasteiger partial charge is 0.133 e. The molecule has 0 aliphatic carbocycles. The van der Waals surface area contributed by atoms with Gasteiger partial charge in [0, 0.05) is 0 Å². The second kappa shape index (κ2) is 30.2. The Hall–Kier alpha value is -1.08. The second-order valence-electron chi connectivity index (χ2n) is 19.7. The lowest BCUT2D eigenvalue weighted by atomic mass is 10.0. The first-order chi connectivity index (χ1) is 24.1. The molecule has 0 heterocycles. The molecule has 0 saturated heterocycles. The minimum absolute atomic E-state index is 0.317. The van der Waals surface area contributed by atoms with E-state index in [4.69, 9.17) is 0 Å². The molecule has 0 N–H and O–H groups in total. The Labute approximate surface area is 328 Å². The molecule has 0 aromatic heterocycles. The van der Waals surface area contributed by atoms with Gasteiger partial charge in [-0.3, -0.25) is 0 Å². The van der Waals surface area contributed by atoms with Crippen LogP contribution < -0.4 is 14.7 Å². The summed E-state index contributed by atoms with van der Waals surface area (Å²) in [6.07, 6.45) is 11.1. The predicted octanol–water partition coefficient (Wildman–Crippen LogP) is 10.7. The quantitative estimate of drug-likeness (QED) is 0.0704. The highest BCUT2D eigenvalue weighted by molar-refractivity contribution is 6.29. The average Bonchev–Trinajstić information content (AvgIpc) is 3.04. The third-order valence-corrected chi connectivity index (χ3v) is 10.4. The van der Waals surface area contributed by atoms with Gasteiger partial charge >= 0.3 is 0 Å². The molecule has 1 aromatic rings. The Balaban J connectivity index is 0. The molecular weight excluding hydrogens is 639 g/mol. The van der Waals surface area contributed by atoms with Crippen molar-refractivity contribution in [3.8, 4) is 5.75 Å². The molecule has 0 unspecified atom stereocenters. The molecule has 0 bridgehead atoms. The van der Waals surface area contributed by atoms with E-state index in [0.717, 1.165) is 47.3 Å². The third kappa shape index (κ3) is 32.4. The van der Waals surface area contributed by atoms with Gasteiger partial charge in [0.1, 0.15) is 7.32 Å². The zero-order chi connectivity index (χ0) is 40.3. The second-order valence-corrected chi connectivity index (χ2v) is 19.7. The van der Waals surface area contributed by atoms with Crippen LogP contribution in [0.1, 0.15) is 162 Å². The summed E-state index contributed by atoms with van der Waals surface area (Å²) in [5, 5.41) is 19.8. The molecule has 0 aliphatic heterocycles. The maximum Gasteiger partial charge on any atom is 0.133 e.